The van der Waals surface area contributed by atoms with Gasteiger partial charge >= 0.3 is 0 Å². The molecule has 0 saturated carbocycles. The molecule has 25 valence electrons. The van der Waals surface area contributed by atoms with Crippen LogP contribution in [0.4, 0.5) is 0 Å². The summed E-state index contributed by atoms with van der Waals surface area (Å²) in [5.74, 6) is 0. The molecular weight excluding hydrogens is 48.0 g/mol. The molecule has 0 rings (SSSR count). The summed E-state index contributed by atoms with van der Waals surface area (Å²) in [6.45, 7) is 7.08. The van der Waals surface area contributed by atoms with Crippen molar-refractivity contribution in [3.63, 3.8) is 0 Å². The van der Waals surface area contributed by atoms with Crippen LogP contribution in [-0.4, -0.2) is 0 Å². The van der Waals surface area contributed by atoms with E-state index in [9.17, 15) is 0 Å². The molecule has 0 N–H and O–H groups in total. The standard InChI is InChI=1S/C4H8/c1-3-4-2/h1H,3-4H2,2H3/q-1. The summed E-state index contributed by atoms with van der Waals surface area (Å²) in [4.78, 5) is 0. The summed E-state index contributed by atoms with van der Waals surface area (Å²) in [6.07, 6.45) is 1.92. The molecule has 0 saturated heterocycles. The van der Waals surface area contributed by atoms with Gasteiger partial charge in [0.25, 0.3) is 0 Å². The lowest BCUT2D eigenvalue weighted by Gasteiger charge is -1.82. The highest BCUT2D eigenvalue weighted by atomic mass is 13.6. The molecule has 0 aliphatic carbocycles. The topological polar surface area (TPSA) is 0 Å². The summed E-state index contributed by atoms with van der Waals surface area (Å²) in [6, 6.07) is 0. The van der Waals surface area contributed by atoms with Crippen LogP contribution in [0, 0.1) is 6.92 Å². The van der Waals surface area contributed by atoms with Crippen molar-refractivity contribution in [1.82, 2.24) is 0 Å². The SMILES string of the molecule is [CH-]CCC. The van der Waals surface area contributed by atoms with Gasteiger partial charge in [-0.1, -0.05) is 13.3 Å². The predicted molar refractivity (Wildman–Crippen MR) is 19.2 cm³/mol. The Labute approximate surface area is 27.8 Å². The molecule has 1 radical (unpaired) electrons. The molecule has 0 spiro atoms. The van der Waals surface area contributed by atoms with E-state index in [1.54, 1.807) is 0 Å². The highest BCUT2D eigenvalue weighted by Crippen LogP contribution is 1.75. The van der Waals surface area contributed by atoms with Crippen LogP contribution >= 0.6 is 0 Å². The molecule has 0 fully saturated rings. The first-order valence-electron chi connectivity index (χ1n) is 1.62. The first-order chi connectivity index (χ1) is 1.91. The number of hydrogen-bond acceptors (Lipinski definition) is 0. The minimum Gasteiger partial charge on any atom is -0.495 e. The van der Waals surface area contributed by atoms with E-state index in [0.717, 1.165) is 12.8 Å². The molecule has 0 aliphatic heterocycles. The van der Waals surface area contributed by atoms with Crippen molar-refractivity contribution in [3.05, 3.63) is 6.92 Å². The second-order valence-corrected chi connectivity index (χ2v) is 0.789. The van der Waals surface area contributed by atoms with E-state index >= 15 is 0 Å². The third kappa shape index (κ3) is 2.00. The first kappa shape index (κ1) is 4.00. The molecule has 4 heavy (non-hydrogen) atoms. The zero-order chi connectivity index (χ0) is 3.41. The average Bonchev–Trinajstić information content (AvgIpc) is 1.37. The van der Waals surface area contributed by atoms with Crippen molar-refractivity contribution in [2.45, 2.75) is 19.8 Å². The smallest absolute Gasteiger partial charge is 0.0679 e. The molecule has 0 aliphatic rings. The fourth-order valence-electron chi connectivity index (χ4n) is 0. The molecule has 0 heteroatoms. The van der Waals surface area contributed by atoms with Crippen LogP contribution in [0.3, 0.4) is 0 Å². The molecule has 0 heterocycles. The van der Waals surface area contributed by atoms with Gasteiger partial charge < -0.3 is 6.92 Å². The van der Waals surface area contributed by atoms with Gasteiger partial charge in [-0.2, -0.15) is 0 Å². The fourth-order valence-corrected chi connectivity index (χ4v) is 0. The van der Waals surface area contributed by atoms with E-state index in [2.05, 4.69) is 6.92 Å². The Morgan fingerprint density at radius 3 is 2.00 bits per heavy atom. The highest BCUT2D eigenvalue weighted by Gasteiger charge is 1.45. The Balaban J connectivity index is 1.97. The Bertz CT molecular complexity index is 2.00. The summed E-state index contributed by atoms with van der Waals surface area (Å²) < 4.78 is 0. The lowest BCUT2D eigenvalue weighted by atomic mass is 10.4. The van der Waals surface area contributed by atoms with E-state index in [4.69, 9.17) is 6.92 Å². The average molecular weight is 56.1 g/mol. The molecule has 0 unspecified atom stereocenters. The molecule has 0 atom stereocenters. The second-order valence-electron chi connectivity index (χ2n) is 0.789. The molecule has 0 nitrogen and oxygen atoms in total. The summed E-state index contributed by atoms with van der Waals surface area (Å²) >= 11 is 0. The van der Waals surface area contributed by atoms with Gasteiger partial charge in [-0.25, -0.2) is 6.42 Å². The maximum Gasteiger partial charge on any atom is -0.0679 e. The van der Waals surface area contributed by atoms with Crippen LogP contribution in [0.2, 0.25) is 0 Å². The molecule has 0 aromatic carbocycles. The van der Waals surface area contributed by atoms with Crippen LogP contribution in [0.1, 0.15) is 19.8 Å². The summed E-state index contributed by atoms with van der Waals surface area (Å²) in [5.41, 5.74) is 0. The van der Waals surface area contributed by atoms with Crippen molar-refractivity contribution in [3.8, 4) is 0 Å². The highest BCUT2D eigenvalue weighted by molar-refractivity contribution is 4.29. The van der Waals surface area contributed by atoms with Crippen LogP contribution in [0.15, 0.2) is 0 Å². The molecule has 0 bridgehead atoms. The Morgan fingerprint density at radius 1 is 1.75 bits per heavy atom. The second kappa shape index (κ2) is 3.00. The van der Waals surface area contributed by atoms with E-state index in [1.807, 2.05) is 0 Å². The van der Waals surface area contributed by atoms with Crippen molar-refractivity contribution in [2.24, 2.45) is 0 Å². The first-order valence-corrected chi connectivity index (χ1v) is 1.62. The van der Waals surface area contributed by atoms with Crippen LogP contribution in [-0.2, 0) is 0 Å². The van der Waals surface area contributed by atoms with Crippen molar-refractivity contribution < 1.29 is 0 Å². The Hall–Kier alpha value is 0. The monoisotopic (exact) mass is 56.1 g/mol. The van der Waals surface area contributed by atoms with Gasteiger partial charge in [0.1, 0.15) is 0 Å². The lowest BCUT2D eigenvalue weighted by molar-refractivity contribution is 0.956. The van der Waals surface area contributed by atoms with Gasteiger partial charge in [-0.05, 0) is 0 Å². The molecule has 0 aromatic rings. The maximum atomic E-state index is 5.03. The third-order valence-electron chi connectivity index (χ3n) is 0.289. The fraction of sp³-hybridized carbons (Fsp3) is 0.750. The normalized spacial score (nSPS) is 7.50. The zero-order valence-corrected chi connectivity index (χ0v) is 2.99. The maximum absolute atomic E-state index is 5.03. The van der Waals surface area contributed by atoms with Gasteiger partial charge in [-0.15, -0.1) is 0 Å². The lowest BCUT2D eigenvalue weighted by Crippen LogP contribution is -1.48. The number of hydrogen-bond donors (Lipinski definition) is 0. The van der Waals surface area contributed by atoms with Gasteiger partial charge in [0.05, 0.1) is 0 Å². The number of rotatable bonds is 1. The molecule has 0 aromatic heterocycles. The minimum absolute atomic E-state index is 0.819. The van der Waals surface area contributed by atoms with Crippen molar-refractivity contribution in [2.75, 3.05) is 0 Å². The summed E-state index contributed by atoms with van der Waals surface area (Å²) in [7, 11) is 0. The molecular formula is C4H8-. The van der Waals surface area contributed by atoms with Gasteiger partial charge in [-0.3, -0.25) is 0 Å². The Morgan fingerprint density at radius 2 is 2.00 bits per heavy atom. The van der Waals surface area contributed by atoms with Crippen molar-refractivity contribution >= 4 is 0 Å². The van der Waals surface area contributed by atoms with E-state index in [-0.39, 0.29) is 0 Å². The van der Waals surface area contributed by atoms with E-state index < -0.39 is 0 Å². The minimum atomic E-state index is 0.819. The number of unbranched alkanes of at least 4 members (excludes halogenated alkanes) is 1. The quantitative estimate of drug-likeness (QED) is 0.399. The van der Waals surface area contributed by atoms with Gasteiger partial charge in [0.15, 0.2) is 0 Å². The van der Waals surface area contributed by atoms with E-state index in [1.165, 1.54) is 0 Å². The predicted octanol–water partition coefficient (Wildman–Crippen LogP) is 1.50. The van der Waals surface area contributed by atoms with Crippen molar-refractivity contribution in [1.29, 1.82) is 0 Å². The summed E-state index contributed by atoms with van der Waals surface area (Å²) in [5, 5.41) is 0. The zero-order valence-electron chi connectivity index (χ0n) is 2.99. The van der Waals surface area contributed by atoms with Crippen LogP contribution in [0.25, 0.3) is 0 Å². The van der Waals surface area contributed by atoms with Crippen LogP contribution < -0.4 is 0 Å². The van der Waals surface area contributed by atoms with Gasteiger partial charge in [0.2, 0.25) is 0 Å². The van der Waals surface area contributed by atoms with Gasteiger partial charge in [0, 0.05) is 0 Å². The van der Waals surface area contributed by atoms with E-state index in [0.29, 0.717) is 0 Å². The Kier molecular flexibility index (Phi) is 3.00. The molecule has 0 amide bonds. The third-order valence-corrected chi connectivity index (χ3v) is 0.289. The largest absolute Gasteiger partial charge is 0.495 e. The van der Waals surface area contributed by atoms with Crippen LogP contribution in [0.5, 0.6) is 0 Å².